The van der Waals surface area contributed by atoms with Gasteiger partial charge in [-0.2, -0.15) is 5.26 Å². The van der Waals surface area contributed by atoms with Gasteiger partial charge < -0.3 is 9.47 Å². The van der Waals surface area contributed by atoms with Crippen LogP contribution in [0.2, 0.25) is 0 Å². The third-order valence-electron chi connectivity index (χ3n) is 6.66. The molecule has 38 heavy (non-hydrogen) atoms. The summed E-state index contributed by atoms with van der Waals surface area (Å²) >= 11 is 0. The Kier molecular flexibility index (Phi) is 6.35. The molecule has 0 unspecified atom stereocenters. The third-order valence-corrected chi connectivity index (χ3v) is 6.66. The second-order valence-corrected chi connectivity index (χ2v) is 10.3. The average Bonchev–Trinajstić information content (AvgIpc) is 2.92. The first-order valence-corrected chi connectivity index (χ1v) is 12.6. The molecule has 0 saturated carbocycles. The molecule has 5 rings (SSSR count). The first-order chi connectivity index (χ1) is 18.3. The minimum atomic E-state index is -0.471. The normalized spacial score (nSPS) is 11.5. The van der Waals surface area contributed by atoms with Gasteiger partial charge in [0.05, 0.1) is 42.5 Å². The lowest BCUT2D eigenvalue weighted by atomic mass is 9.85. The van der Waals surface area contributed by atoms with Gasteiger partial charge in [-0.1, -0.05) is 58.0 Å². The number of ether oxygens (including phenoxy) is 2. The molecule has 0 fully saturated rings. The highest BCUT2D eigenvalue weighted by Gasteiger charge is 2.24. The van der Waals surface area contributed by atoms with Crippen LogP contribution in [0.1, 0.15) is 54.0 Å². The number of benzene rings is 5. The molecule has 0 saturated heterocycles. The van der Waals surface area contributed by atoms with Crippen molar-refractivity contribution < 1.29 is 19.1 Å². The lowest BCUT2D eigenvalue weighted by molar-refractivity contribution is 0.0453. The molecule has 0 aromatic heterocycles. The SMILES string of the molecule is [C-]#[N+]c1ccc2c3ccc(C#N)c4c(C(=O)OCC(C)C)ccc(c5ccc(C(=O)OCC(C)C)c1c25)c43. The van der Waals surface area contributed by atoms with Crippen LogP contribution >= 0.6 is 0 Å². The van der Waals surface area contributed by atoms with Gasteiger partial charge in [-0.3, -0.25) is 0 Å². The number of fused-ring (bicyclic) bond motifs is 2. The zero-order chi connectivity index (χ0) is 27.1. The zero-order valence-electron chi connectivity index (χ0n) is 21.7. The predicted molar refractivity (Wildman–Crippen MR) is 149 cm³/mol. The minimum Gasteiger partial charge on any atom is -0.462 e. The monoisotopic (exact) mass is 502 g/mol. The van der Waals surface area contributed by atoms with Gasteiger partial charge in [0.1, 0.15) is 0 Å². The van der Waals surface area contributed by atoms with Crippen molar-refractivity contribution in [2.24, 2.45) is 11.8 Å². The smallest absolute Gasteiger partial charge is 0.338 e. The highest BCUT2D eigenvalue weighted by molar-refractivity contribution is 6.37. The summed E-state index contributed by atoms with van der Waals surface area (Å²) in [7, 11) is 0. The maximum atomic E-state index is 13.1. The Morgan fingerprint density at radius 3 is 1.66 bits per heavy atom. The zero-order valence-corrected chi connectivity index (χ0v) is 21.7. The highest BCUT2D eigenvalue weighted by Crippen LogP contribution is 2.45. The average molecular weight is 503 g/mol. The Bertz CT molecular complexity index is 1680. The van der Waals surface area contributed by atoms with E-state index in [0.717, 1.165) is 32.3 Å². The third kappa shape index (κ3) is 3.96. The van der Waals surface area contributed by atoms with Crippen LogP contribution in [0.4, 0.5) is 5.69 Å². The van der Waals surface area contributed by atoms with E-state index in [2.05, 4.69) is 10.9 Å². The molecule has 0 heterocycles. The van der Waals surface area contributed by atoms with E-state index in [1.54, 1.807) is 24.3 Å². The van der Waals surface area contributed by atoms with E-state index in [1.807, 2.05) is 52.0 Å². The molecule has 5 aromatic rings. The summed E-state index contributed by atoms with van der Waals surface area (Å²) in [5.74, 6) is -0.579. The van der Waals surface area contributed by atoms with Crippen LogP contribution in [-0.2, 0) is 9.47 Å². The predicted octanol–water partition coefficient (Wildman–Crippen LogP) is 7.79. The molecule has 0 atom stereocenters. The fourth-order valence-electron chi connectivity index (χ4n) is 5.04. The number of esters is 2. The minimum absolute atomic E-state index is 0.178. The van der Waals surface area contributed by atoms with Crippen LogP contribution in [0, 0.1) is 29.7 Å². The molecule has 0 spiro atoms. The molecule has 0 amide bonds. The van der Waals surface area contributed by atoms with Crippen molar-refractivity contribution in [3.63, 3.8) is 0 Å². The lowest BCUT2D eigenvalue weighted by Gasteiger charge is -2.19. The number of carbonyl (C=O) groups excluding carboxylic acids is 2. The summed E-state index contributed by atoms with van der Waals surface area (Å²) in [5, 5.41) is 15.9. The van der Waals surface area contributed by atoms with Gasteiger partial charge >= 0.3 is 11.9 Å². The van der Waals surface area contributed by atoms with Crippen LogP contribution in [-0.4, -0.2) is 25.2 Å². The number of carbonyl (C=O) groups is 2. The fourth-order valence-corrected chi connectivity index (χ4v) is 5.04. The van der Waals surface area contributed by atoms with Crippen LogP contribution in [0.3, 0.4) is 0 Å². The Balaban J connectivity index is 1.88. The molecule has 6 nitrogen and oxygen atoms in total. The molecule has 0 aliphatic heterocycles. The summed E-state index contributed by atoms with van der Waals surface area (Å²) in [5.41, 5.74) is 1.44. The standard InChI is InChI=1S/C32H26N2O4/c1-17(2)15-37-31(35)24-10-8-21-22-9-11-25(32(36)38-16-18(3)4)30-26(34-5)13-12-23(29(22)30)20-7-6-19(14-33)27(24)28(20)21/h6-13,17-18H,15-16H2,1-4H3. The van der Waals surface area contributed by atoms with Gasteiger partial charge in [-0.25, -0.2) is 14.4 Å². The quantitative estimate of drug-likeness (QED) is 0.102. The first kappa shape index (κ1) is 25.0. The van der Waals surface area contributed by atoms with Crippen molar-refractivity contribution >= 4 is 60.7 Å². The van der Waals surface area contributed by atoms with Crippen LogP contribution in [0.25, 0.3) is 47.9 Å². The lowest BCUT2D eigenvalue weighted by Crippen LogP contribution is -2.11. The van der Waals surface area contributed by atoms with E-state index in [4.69, 9.17) is 16.0 Å². The maximum Gasteiger partial charge on any atom is 0.338 e. The van der Waals surface area contributed by atoms with Gasteiger partial charge in [0, 0.05) is 10.8 Å². The first-order valence-electron chi connectivity index (χ1n) is 12.6. The number of hydrogen-bond acceptors (Lipinski definition) is 5. The molecule has 0 bridgehead atoms. The van der Waals surface area contributed by atoms with Crippen molar-refractivity contribution in [1.29, 1.82) is 5.26 Å². The van der Waals surface area contributed by atoms with Gasteiger partial charge in [-0.15, -0.1) is 0 Å². The van der Waals surface area contributed by atoms with Crippen molar-refractivity contribution in [2.75, 3.05) is 13.2 Å². The molecule has 6 heteroatoms. The molecule has 0 N–H and O–H groups in total. The summed E-state index contributed by atoms with van der Waals surface area (Å²) in [6.45, 7) is 16.2. The van der Waals surface area contributed by atoms with E-state index in [1.165, 1.54) is 0 Å². The van der Waals surface area contributed by atoms with Gasteiger partial charge in [0.25, 0.3) is 0 Å². The van der Waals surface area contributed by atoms with Crippen molar-refractivity contribution in [1.82, 2.24) is 0 Å². The van der Waals surface area contributed by atoms with Gasteiger partial charge in [-0.05, 0) is 62.4 Å². The Morgan fingerprint density at radius 2 is 1.18 bits per heavy atom. The van der Waals surface area contributed by atoms with Crippen molar-refractivity contribution in [3.8, 4) is 6.07 Å². The number of nitriles is 1. The van der Waals surface area contributed by atoms with E-state index in [9.17, 15) is 14.9 Å². The number of nitrogens with zero attached hydrogens (tertiary/aromatic N) is 2. The second kappa shape index (κ2) is 9.65. The molecule has 0 radical (unpaired) electrons. The largest absolute Gasteiger partial charge is 0.462 e. The number of rotatable bonds is 6. The summed E-state index contributed by atoms with van der Waals surface area (Å²) in [4.78, 5) is 29.9. The van der Waals surface area contributed by atoms with E-state index < -0.39 is 11.9 Å². The molecule has 5 aromatic carbocycles. The van der Waals surface area contributed by atoms with Crippen LogP contribution < -0.4 is 0 Å². The summed E-state index contributed by atoms with van der Waals surface area (Å²) in [6, 6.07) is 16.5. The van der Waals surface area contributed by atoms with E-state index in [-0.39, 0.29) is 25.0 Å². The molecular formula is C32H26N2O4. The Hall–Kier alpha value is -4.68. The van der Waals surface area contributed by atoms with Crippen LogP contribution in [0.5, 0.6) is 0 Å². The van der Waals surface area contributed by atoms with E-state index in [0.29, 0.717) is 33.2 Å². The van der Waals surface area contributed by atoms with E-state index >= 15 is 0 Å². The Labute approximate surface area is 220 Å². The maximum absolute atomic E-state index is 13.1. The van der Waals surface area contributed by atoms with Crippen molar-refractivity contribution in [2.45, 2.75) is 27.7 Å². The Morgan fingerprint density at radius 1 is 0.737 bits per heavy atom. The van der Waals surface area contributed by atoms with Gasteiger partial charge in [0.2, 0.25) is 0 Å². The molecular weight excluding hydrogens is 476 g/mol. The fraction of sp³-hybridized carbons (Fsp3) is 0.250. The number of hydrogen-bond donors (Lipinski definition) is 0. The highest BCUT2D eigenvalue weighted by atomic mass is 16.5. The topological polar surface area (TPSA) is 80.8 Å². The van der Waals surface area contributed by atoms with Crippen LogP contribution in [0.15, 0.2) is 48.5 Å². The summed E-state index contributed by atoms with van der Waals surface area (Å²) < 4.78 is 11.1. The van der Waals surface area contributed by atoms with Crippen molar-refractivity contribution in [3.05, 3.63) is 76.6 Å². The van der Waals surface area contributed by atoms with Gasteiger partial charge in [0.15, 0.2) is 5.69 Å². The molecule has 0 aliphatic rings. The summed E-state index contributed by atoms with van der Waals surface area (Å²) in [6.07, 6.45) is 0. The molecule has 0 aliphatic carbocycles. The second-order valence-electron chi connectivity index (χ2n) is 10.3. The molecule has 188 valence electrons.